The molecule has 0 amide bonds. The van der Waals surface area contributed by atoms with E-state index in [-0.39, 0.29) is 11.4 Å². The maximum absolute atomic E-state index is 13.2. The number of nitrogens with one attached hydrogen (secondary N) is 2. The molecule has 4 aromatic rings. The van der Waals surface area contributed by atoms with E-state index in [0.29, 0.717) is 29.5 Å². The molecule has 2 N–H and O–H groups in total. The summed E-state index contributed by atoms with van der Waals surface area (Å²) < 4.78 is 13.2. The summed E-state index contributed by atoms with van der Waals surface area (Å²) in [6.45, 7) is 2.89. The van der Waals surface area contributed by atoms with Gasteiger partial charge in [-0.2, -0.15) is 0 Å². The number of anilines is 1. The third-order valence-electron chi connectivity index (χ3n) is 4.84. The number of thiophene rings is 1. The van der Waals surface area contributed by atoms with E-state index in [9.17, 15) is 9.18 Å². The number of pyridine rings is 1. The predicted molar refractivity (Wildman–Crippen MR) is 125 cm³/mol. The molecule has 0 saturated heterocycles. The van der Waals surface area contributed by atoms with Crippen LogP contribution in [0, 0.1) is 12.7 Å². The largest absolute Gasteiger partial charge is 0.339 e. The summed E-state index contributed by atoms with van der Waals surface area (Å²) in [5, 5.41) is 6.62. The molecule has 2 aromatic carbocycles. The molecule has 7 heteroatoms. The molecule has 30 heavy (non-hydrogen) atoms. The molecule has 0 bridgehead atoms. The molecule has 0 saturated carbocycles. The Kier molecular flexibility index (Phi) is 5.92. The molecule has 152 valence electrons. The maximum atomic E-state index is 13.2. The standard InChI is InChI=1S/C23H20FN3OS2/c1-15-4-2-5-16-12-17(22(28)26-21(15)16)13-27(14-20-6-3-11-30-20)23(29)25-19-9-7-18(24)8-10-19/h2-12H,13-14H2,1H3,(H,25,29)(H,26,28). The first-order valence-corrected chi connectivity index (χ1v) is 10.7. The van der Waals surface area contributed by atoms with Crippen LogP contribution in [-0.4, -0.2) is 15.0 Å². The summed E-state index contributed by atoms with van der Waals surface area (Å²) in [6, 6.07) is 17.9. The molecular formula is C23H20FN3OS2. The summed E-state index contributed by atoms with van der Waals surface area (Å²) in [7, 11) is 0. The smallest absolute Gasteiger partial charge is 0.253 e. The number of para-hydroxylation sites is 1. The van der Waals surface area contributed by atoms with Crippen molar-refractivity contribution in [1.82, 2.24) is 9.88 Å². The van der Waals surface area contributed by atoms with E-state index in [1.807, 2.05) is 53.6 Å². The summed E-state index contributed by atoms with van der Waals surface area (Å²) in [5.41, 5.74) is 3.08. The lowest BCUT2D eigenvalue weighted by Gasteiger charge is -2.25. The van der Waals surface area contributed by atoms with Crippen molar-refractivity contribution in [3.63, 3.8) is 0 Å². The van der Waals surface area contributed by atoms with Gasteiger partial charge in [-0.3, -0.25) is 4.79 Å². The van der Waals surface area contributed by atoms with Crippen molar-refractivity contribution in [2.24, 2.45) is 0 Å². The molecule has 2 aromatic heterocycles. The van der Waals surface area contributed by atoms with Crippen LogP contribution in [0.2, 0.25) is 0 Å². The lowest BCUT2D eigenvalue weighted by Crippen LogP contribution is -2.35. The average Bonchev–Trinajstić information content (AvgIpc) is 3.24. The van der Waals surface area contributed by atoms with Crippen molar-refractivity contribution < 1.29 is 4.39 Å². The van der Waals surface area contributed by atoms with Gasteiger partial charge in [0.05, 0.1) is 18.6 Å². The van der Waals surface area contributed by atoms with Crippen LogP contribution in [0.1, 0.15) is 16.0 Å². The van der Waals surface area contributed by atoms with Crippen LogP contribution in [0.15, 0.2) is 70.8 Å². The topological polar surface area (TPSA) is 48.1 Å². The fourth-order valence-corrected chi connectivity index (χ4v) is 4.24. The maximum Gasteiger partial charge on any atom is 0.253 e. The Balaban J connectivity index is 1.63. The third-order valence-corrected chi connectivity index (χ3v) is 6.06. The fourth-order valence-electron chi connectivity index (χ4n) is 3.28. The van der Waals surface area contributed by atoms with Crippen LogP contribution in [-0.2, 0) is 13.1 Å². The van der Waals surface area contributed by atoms with Crippen LogP contribution in [0.25, 0.3) is 10.9 Å². The van der Waals surface area contributed by atoms with Gasteiger partial charge in [-0.05, 0) is 71.9 Å². The van der Waals surface area contributed by atoms with Crippen LogP contribution >= 0.6 is 23.6 Å². The van der Waals surface area contributed by atoms with Gasteiger partial charge in [0.15, 0.2) is 5.11 Å². The second-order valence-corrected chi connectivity index (χ2v) is 8.45. The van der Waals surface area contributed by atoms with E-state index in [1.165, 1.54) is 12.1 Å². The minimum atomic E-state index is -0.306. The molecule has 0 unspecified atom stereocenters. The Morgan fingerprint density at radius 1 is 1.13 bits per heavy atom. The second kappa shape index (κ2) is 8.77. The molecule has 2 heterocycles. The molecule has 0 fully saturated rings. The minimum absolute atomic E-state index is 0.127. The van der Waals surface area contributed by atoms with Crippen molar-refractivity contribution in [3.05, 3.63) is 98.2 Å². The van der Waals surface area contributed by atoms with Crippen LogP contribution in [0.3, 0.4) is 0 Å². The first-order chi connectivity index (χ1) is 14.5. The van der Waals surface area contributed by atoms with E-state index in [4.69, 9.17) is 12.2 Å². The van der Waals surface area contributed by atoms with Crippen molar-refractivity contribution in [3.8, 4) is 0 Å². The predicted octanol–water partition coefficient (Wildman–Crippen LogP) is 5.44. The zero-order valence-corrected chi connectivity index (χ0v) is 17.9. The van der Waals surface area contributed by atoms with Gasteiger partial charge in [-0.25, -0.2) is 4.39 Å². The number of halogens is 1. The molecule has 0 radical (unpaired) electrons. The van der Waals surface area contributed by atoms with E-state index in [2.05, 4.69) is 10.3 Å². The zero-order valence-electron chi connectivity index (χ0n) is 16.3. The summed E-state index contributed by atoms with van der Waals surface area (Å²) in [5.74, 6) is -0.306. The number of hydrogen-bond donors (Lipinski definition) is 2. The second-order valence-electron chi connectivity index (χ2n) is 7.04. The number of H-pyrrole nitrogens is 1. The minimum Gasteiger partial charge on any atom is -0.339 e. The number of aromatic amines is 1. The number of hydrogen-bond acceptors (Lipinski definition) is 3. The van der Waals surface area contributed by atoms with Gasteiger partial charge >= 0.3 is 0 Å². The van der Waals surface area contributed by atoms with Crippen molar-refractivity contribution in [2.75, 3.05) is 5.32 Å². The normalized spacial score (nSPS) is 10.9. The number of aryl methyl sites for hydroxylation is 1. The van der Waals surface area contributed by atoms with E-state index in [0.717, 1.165) is 21.3 Å². The Hall–Kier alpha value is -3.03. The van der Waals surface area contributed by atoms with Crippen molar-refractivity contribution in [2.45, 2.75) is 20.0 Å². The number of fused-ring (bicyclic) bond motifs is 1. The Morgan fingerprint density at radius 3 is 2.67 bits per heavy atom. The van der Waals surface area contributed by atoms with Gasteiger partial charge in [-0.1, -0.05) is 24.3 Å². The first kappa shape index (κ1) is 20.3. The van der Waals surface area contributed by atoms with Gasteiger partial charge in [-0.15, -0.1) is 11.3 Å². The molecule has 0 aliphatic carbocycles. The zero-order chi connectivity index (χ0) is 21.1. The highest BCUT2D eigenvalue weighted by molar-refractivity contribution is 7.80. The van der Waals surface area contributed by atoms with Crippen LogP contribution in [0.4, 0.5) is 10.1 Å². The molecule has 0 spiro atoms. The van der Waals surface area contributed by atoms with Crippen LogP contribution < -0.4 is 10.9 Å². The van der Waals surface area contributed by atoms with Gasteiger partial charge in [0.1, 0.15) is 5.82 Å². The summed E-state index contributed by atoms with van der Waals surface area (Å²) in [4.78, 5) is 18.8. The Morgan fingerprint density at radius 2 is 1.93 bits per heavy atom. The van der Waals surface area contributed by atoms with Gasteiger partial charge < -0.3 is 15.2 Å². The lowest BCUT2D eigenvalue weighted by molar-refractivity contribution is 0.415. The first-order valence-electron chi connectivity index (χ1n) is 9.45. The number of thiocarbonyl (C=S) groups is 1. The average molecular weight is 438 g/mol. The van der Waals surface area contributed by atoms with Gasteiger partial charge in [0, 0.05) is 16.1 Å². The number of nitrogens with zero attached hydrogens (tertiary/aromatic N) is 1. The highest BCUT2D eigenvalue weighted by atomic mass is 32.1. The monoisotopic (exact) mass is 437 g/mol. The van der Waals surface area contributed by atoms with Crippen molar-refractivity contribution >= 4 is 45.3 Å². The highest BCUT2D eigenvalue weighted by Gasteiger charge is 2.15. The molecule has 4 nitrogen and oxygen atoms in total. The summed E-state index contributed by atoms with van der Waals surface area (Å²) >= 11 is 7.27. The van der Waals surface area contributed by atoms with E-state index < -0.39 is 0 Å². The number of aromatic nitrogens is 1. The molecule has 0 aliphatic rings. The quantitative estimate of drug-likeness (QED) is 0.409. The van der Waals surface area contributed by atoms with E-state index >= 15 is 0 Å². The third kappa shape index (κ3) is 4.58. The van der Waals surface area contributed by atoms with Crippen molar-refractivity contribution in [1.29, 1.82) is 0 Å². The number of rotatable bonds is 5. The fraction of sp³-hybridized carbons (Fsp3) is 0.130. The molecule has 0 atom stereocenters. The van der Waals surface area contributed by atoms with Crippen LogP contribution in [0.5, 0.6) is 0 Å². The lowest BCUT2D eigenvalue weighted by atomic mass is 10.1. The van der Waals surface area contributed by atoms with Gasteiger partial charge in [0.2, 0.25) is 0 Å². The molecular weight excluding hydrogens is 417 g/mol. The SMILES string of the molecule is Cc1cccc2cc(CN(Cc3cccs3)C(=S)Nc3ccc(F)cc3)c(=O)[nH]c12. The summed E-state index contributed by atoms with van der Waals surface area (Å²) in [6.07, 6.45) is 0. The molecule has 4 rings (SSSR count). The Labute approximate surface area is 183 Å². The van der Waals surface area contributed by atoms with E-state index in [1.54, 1.807) is 23.5 Å². The molecule has 0 aliphatic heterocycles. The number of benzene rings is 2. The highest BCUT2D eigenvalue weighted by Crippen LogP contribution is 2.19. The Bertz CT molecular complexity index is 1230. The van der Waals surface area contributed by atoms with Gasteiger partial charge in [0.25, 0.3) is 5.56 Å².